The smallest absolute Gasteiger partial charge is 0.161 e. The number of aromatic nitrogens is 1. The average molecular weight is 254 g/mol. The first-order valence-corrected chi connectivity index (χ1v) is 4.83. The van der Waals surface area contributed by atoms with Gasteiger partial charge in [0.2, 0.25) is 0 Å². The van der Waals surface area contributed by atoms with Crippen molar-refractivity contribution in [1.29, 1.82) is 0 Å². The van der Waals surface area contributed by atoms with Crippen LogP contribution in [0.15, 0.2) is 28.9 Å². The quantitative estimate of drug-likeness (QED) is 0.850. The summed E-state index contributed by atoms with van der Waals surface area (Å²) in [5.74, 6) is 0.553. The van der Waals surface area contributed by atoms with E-state index in [9.17, 15) is 5.11 Å². The molecule has 2 aromatic rings. The summed E-state index contributed by atoms with van der Waals surface area (Å²) in [4.78, 5) is 4.13. The summed E-state index contributed by atoms with van der Waals surface area (Å²) in [6.45, 7) is 0. The minimum atomic E-state index is 0.102. The van der Waals surface area contributed by atoms with E-state index >= 15 is 0 Å². The van der Waals surface area contributed by atoms with Gasteiger partial charge in [0.25, 0.3) is 0 Å². The van der Waals surface area contributed by atoms with Gasteiger partial charge in [0, 0.05) is 22.1 Å². The second-order valence-electron chi connectivity index (χ2n) is 2.83. The summed E-state index contributed by atoms with van der Waals surface area (Å²) >= 11 is 3.41. The van der Waals surface area contributed by atoms with Crippen LogP contribution in [0, 0.1) is 0 Å². The molecule has 0 saturated heterocycles. The van der Waals surface area contributed by atoms with Crippen molar-refractivity contribution in [2.24, 2.45) is 0 Å². The standard InChI is InChI=1S/C10H8BrNO2/c1-14-10-4-6-7(11)2-3-12-8(6)5-9(10)13/h2-5,13H,1H3. The molecule has 0 amide bonds. The third-order valence-corrected chi connectivity index (χ3v) is 2.68. The lowest BCUT2D eigenvalue weighted by atomic mass is 10.2. The number of benzene rings is 1. The monoisotopic (exact) mass is 253 g/mol. The predicted molar refractivity (Wildman–Crippen MR) is 57.7 cm³/mol. The molecular weight excluding hydrogens is 246 g/mol. The maximum Gasteiger partial charge on any atom is 0.161 e. The lowest BCUT2D eigenvalue weighted by molar-refractivity contribution is 0.374. The lowest BCUT2D eigenvalue weighted by Gasteiger charge is -2.05. The van der Waals surface area contributed by atoms with Gasteiger partial charge in [0.05, 0.1) is 12.6 Å². The summed E-state index contributed by atoms with van der Waals surface area (Å²) in [5, 5.41) is 10.4. The first-order chi connectivity index (χ1) is 6.72. The number of ether oxygens (including phenoxy) is 1. The number of hydrogen-bond donors (Lipinski definition) is 1. The maximum absolute atomic E-state index is 9.52. The van der Waals surface area contributed by atoms with Crippen LogP contribution >= 0.6 is 15.9 Å². The zero-order chi connectivity index (χ0) is 10.1. The molecule has 0 radical (unpaired) electrons. The number of hydrogen-bond acceptors (Lipinski definition) is 3. The topological polar surface area (TPSA) is 42.4 Å². The van der Waals surface area contributed by atoms with Crippen molar-refractivity contribution < 1.29 is 9.84 Å². The number of nitrogens with zero attached hydrogens (tertiary/aromatic N) is 1. The van der Waals surface area contributed by atoms with Crippen LogP contribution in [-0.2, 0) is 0 Å². The van der Waals surface area contributed by atoms with Crippen molar-refractivity contribution in [2.45, 2.75) is 0 Å². The largest absolute Gasteiger partial charge is 0.504 e. The maximum atomic E-state index is 9.52. The molecular formula is C10H8BrNO2. The molecule has 0 bridgehead atoms. The minimum absolute atomic E-state index is 0.102. The minimum Gasteiger partial charge on any atom is -0.504 e. The molecule has 14 heavy (non-hydrogen) atoms. The van der Waals surface area contributed by atoms with Crippen LogP contribution in [0.25, 0.3) is 10.9 Å². The number of fused-ring (bicyclic) bond motifs is 1. The number of pyridine rings is 1. The second-order valence-corrected chi connectivity index (χ2v) is 3.69. The Labute approximate surface area is 89.5 Å². The molecule has 1 N–H and O–H groups in total. The molecule has 3 nitrogen and oxygen atoms in total. The molecule has 0 saturated carbocycles. The van der Waals surface area contributed by atoms with Gasteiger partial charge in [0.1, 0.15) is 0 Å². The van der Waals surface area contributed by atoms with E-state index in [0.717, 1.165) is 15.4 Å². The molecule has 4 heteroatoms. The molecule has 0 fully saturated rings. The number of methoxy groups -OCH3 is 1. The van der Waals surface area contributed by atoms with Gasteiger partial charge in [-0.15, -0.1) is 0 Å². The van der Waals surface area contributed by atoms with E-state index in [1.54, 1.807) is 18.3 Å². The van der Waals surface area contributed by atoms with Crippen molar-refractivity contribution in [2.75, 3.05) is 7.11 Å². The summed E-state index contributed by atoms with van der Waals surface area (Å²) < 4.78 is 5.94. The van der Waals surface area contributed by atoms with Crippen molar-refractivity contribution in [3.8, 4) is 11.5 Å². The predicted octanol–water partition coefficient (Wildman–Crippen LogP) is 2.71. The molecule has 0 aliphatic rings. The van der Waals surface area contributed by atoms with Crippen molar-refractivity contribution >= 4 is 26.8 Å². The molecule has 72 valence electrons. The SMILES string of the molecule is COc1cc2c(Br)ccnc2cc1O. The fraction of sp³-hybridized carbons (Fsp3) is 0.100. The fourth-order valence-corrected chi connectivity index (χ4v) is 1.73. The number of phenolic OH excluding ortho intramolecular Hbond substituents is 1. The zero-order valence-electron chi connectivity index (χ0n) is 7.49. The normalized spacial score (nSPS) is 10.4. The molecule has 0 aliphatic heterocycles. The molecule has 0 spiro atoms. The lowest BCUT2D eigenvalue weighted by Crippen LogP contribution is -1.86. The molecule has 1 aromatic heterocycles. The molecule has 0 aliphatic carbocycles. The Morgan fingerprint density at radius 2 is 2.21 bits per heavy atom. The molecule has 0 unspecified atom stereocenters. The van der Waals surface area contributed by atoms with E-state index in [0.29, 0.717) is 5.75 Å². The number of halogens is 1. The summed E-state index contributed by atoms with van der Waals surface area (Å²) in [6.07, 6.45) is 1.68. The van der Waals surface area contributed by atoms with Crippen LogP contribution in [0.2, 0.25) is 0 Å². The Hall–Kier alpha value is -1.29. The van der Waals surface area contributed by atoms with Crippen molar-refractivity contribution in [1.82, 2.24) is 4.98 Å². The summed E-state index contributed by atoms with van der Waals surface area (Å²) in [6, 6.07) is 5.18. The Kier molecular flexibility index (Phi) is 2.29. The Morgan fingerprint density at radius 3 is 2.93 bits per heavy atom. The van der Waals surface area contributed by atoms with Crippen LogP contribution < -0.4 is 4.74 Å². The van der Waals surface area contributed by atoms with Crippen LogP contribution in [0.1, 0.15) is 0 Å². The first-order valence-electron chi connectivity index (χ1n) is 4.03. The van der Waals surface area contributed by atoms with Gasteiger partial charge in [0.15, 0.2) is 11.5 Å². The summed E-state index contributed by atoms with van der Waals surface area (Å²) in [5.41, 5.74) is 0.734. The summed E-state index contributed by atoms with van der Waals surface area (Å²) in [7, 11) is 1.52. The average Bonchev–Trinajstić information content (AvgIpc) is 2.17. The van der Waals surface area contributed by atoms with Crippen LogP contribution in [0.3, 0.4) is 0 Å². The Morgan fingerprint density at radius 1 is 1.43 bits per heavy atom. The third kappa shape index (κ3) is 1.42. The molecule has 1 aromatic carbocycles. The van der Waals surface area contributed by atoms with E-state index in [1.165, 1.54) is 7.11 Å². The van der Waals surface area contributed by atoms with Crippen LogP contribution in [0.4, 0.5) is 0 Å². The highest BCUT2D eigenvalue weighted by Gasteiger charge is 2.06. The highest BCUT2D eigenvalue weighted by atomic mass is 79.9. The Balaban J connectivity index is 2.80. The number of aromatic hydroxyl groups is 1. The first kappa shape index (κ1) is 9.27. The Bertz CT molecular complexity index is 485. The van der Waals surface area contributed by atoms with E-state index in [-0.39, 0.29) is 5.75 Å². The second kappa shape index (κ2) is 3.46. The van der Waals surface area contributed by atoms with E-state index in [4.69, 9.17) is 4.74 Å². The molecule has 2 rings (SSSR count). The molecule has 1 heterocycles. The fourth-order valence-electron chi connectivity index (χ4n) is 1.29. The van der Waals surface area contributed by atoms with E-state index in [1.807, 2.05) is 6.07 Å². The van der Waals surface area contributed by atoms with Gasteiger partial charge < -0.3 is 9.84 Å². The third-order valence-electron chi connectivity index (χ3n) is 1.99. The van der Waals surface area contributed by atoms with Crippen molar-refractivity contribution in [3.63, 3.8) is 0 Å². The van der Waals surface area contributed by atoms with Gasteiger partial charge >= 0.3 is 0 Å². The molecule has 0 atom stereocenters. The van der Waals surface area contributed by atoms with E-state index in [2.05, 4.69) is 20.9 Å². The van der Waals surface area contributed by atoms with E-state index < -0.39 is 0 Å². The highest BCUT2D eigenvalue weighted by molar-refractivity contribution is 9.10. The van der Waals surface area contributed by atoms with Gasteiger partial charge in [-0.2, -0.15) is 0 Å². The van der Waals surface area contributed by atoms with Crippen LogP contribution in [0.5, 0.6) is 11.5 Å². The van der Waals surface area contributed by atoms with Gasteiger partial charge in [-0.05, 0) is 12.1 Å². The van der Waals surface area contributed by atoms with Crippen molar-refractivity contribution in [3.05, 3.63) is 28.9 Å². The number of phenols is 1. The highest BCUT2D eigenvalue weighted by Crippen LogP contribution is 2.33. The van der Waals surface area contributed by atoms with Gasteiger partial charge in [-0.1, -0.05) is 15.9 Å². The van der Waals surface area contributed by atoms with Crippen LogP contribution in [-0.4, -0.2) is 17.2 Å². The van der Waals surface area contributed by atoms with Gasteiger partial charge in [-0.3, -0.25) is 4.98 Å². The number of rotatable bonds is 1. The van der Waals surface area contributed by atoms with Gasteiger partial charge in [-0.25, -0.2) is 0 Å². The zero-order valence-corrected chi connectivity index (χ0v) is 9.08.